The normalized spacial score (nSPS) is 21.6. The molecule has 0 unspecified atom stereocenters. The van der Waals surface area contributed by atoms with Crippen molar-refractivity contribution in [1.29, 1.82) is 0 Å². The first-order valence-electron chi connectivity index (χ1n) is 8.66. The molecule has 1 aliphatic carbocycles. The highest BCUT2D eigenvalue weighted by atomic mass is 16.2. The van der Waals surface area contributed by atoms with Gasteiger partial charge in [0, 0.05) is 30.6 Å². The number of fused-ring (bicyclic) bond motifs is 1. The lowest BCUT2D eigenvalue weighted by Crippen LogP contribution is -2.35. The average Bonchev–Trinajstić information content (AvgIpc) is 3.24. The minimum atomic E-state index is -0.267. The zero-order chi connectivity index (χ0) is 16.5. The Balaban J connectivity index is 1.49. The molecule has 1 saturated heterocycles. The van der Waals surface area contributed by atoms with Crippen LogP contribution in [0.15, 0.2) is 36.5 Å². The van der Waals surface area contributed by atoms with Crippen LogP contribution in [0.5, 0.6) is 0 Å². The number of aromatic nitrogens is 1. The van der Waals surface area contributed by atoms with Crippen LogP contribution in [-0.4, -0.2) is 34.3 Å². The fourth-order valence-corrected chi connectivity index (χ4v) is 3.92. The van der Waals surface area contributed by atoms with Crippen molar-refractivity contribution in [3.8, 4) is 0 Å². The Bertz CT molecular complexity index is 778. The molecule has 0 bridgehead atoms. The number of anilines is 1. The number of rotatable bonds is 3. The molecule has 1 saturated carbocycles. The van der Waals surface area contributed by atoms with Gasteiger partial charge in [0.1, 0.15) is 0 Å². The van der Waals surface area contributed by atoms with Gasteiger partial charge in [-0.05, 0) is 25.0 Å². The SMILES string of the molecule is O=C(Nc1cccc2cccnc12)[C@@H]1CC(=O)N(C2CCCC2)C1. The smallest absolute Gasteiger partial charge is 0.229 e. The summed E-state index contributed by atoms with van der Waals surface area (Å²) in [7, 11) is 0. The molecular weight excluding hydrogens is 302 g/mol. The summed E-state index contributed by atoms with van der Waals surface area (Å²) in [5, 5.41) is 3.97. The molecule has 0 spiro atoms. The Morgan fingerprint density at radius 1 is 1.17 bits per heavy atom. The van der Waals surface area contributed by atoms with Gasteiger partial charge in [0.25, 0.3) is 0 Å². The minimum Gasteiger partial charge on any atom is -0.339 e. The zero-order valence-corrected chi connectivity index (χ0v) is 13.6. The third-order valence-corrected chi connectivity index (χ3v) is 5.19. The lowest BCUT2D eigenvalue weighted by atomic mass is 10.1. The minimum absolute atomic E-state index is 0.0815. The molecule has 24 heavy (non-hydrogen) atoms. The molecule has 1 aliphatic heterocycles. The summed E-state index contributed by atoms with van der Waals surface area (Å²) in [5.74, 6) is -0.225. The zero-order valence-electron chi connectivity index (χ0n) is 13.6. The molecule has 1 aromatic carbocycles. The number of likely N-dealkylation sites (tertiary alicyclic amines) is 1. The van der Waals surface area contributed by atoms with Crippen LogP contribution in [0, 0.1) is 5.92 Å². The van der Waals surface area contributed by atoms with Gasteiger partial charge < -0.3 is 10.2 Å². The van der Waals surface area contributed by atoms with Gasteiger partial charge in [-0.1, -0.05) is 31.0 Å². The van der Waals surface area contributed by atoms with Crippen LogP contribution in [0.25, 0.3) is 10.9 Å². The summed E-state index contributed by atoms with van der Waals surface area (Å²) >= 11 is 0. The van der Waals surface area contributed by atoms with E-state index in [1.54, 1.807) is 6.20 Å². The number of nitrogens with one attached hydrogen (secondary N) is 1. The van der Waals surface area contributed by atoms with Crippen molar-refractivity contribution < 1.29 is 9.59 Å². The van der Waals surface area contributed by atoms with Crippen molar-refractivity contribution in [1.82, 2.24) is 9.88 Å². The fraction of sp³-hybridized carbons (Fsp3) is 0.421. The molecule has 1 aromatic heterocycles. The number of pyridine rings is 1. The number of benzene rings is 1. The summed E-state index contributed by atoms with van der Waals surface area (Å²) in [4.78, 5) is 31.2. The molecular formula is C19H21N3O2. The van der Waals surface area contributed by atoms with Crippen molar-refractivity contribution >= 4 is 28.4 Å². The standard InChI is InChI=1S/C19H21N3O2/c23-17-11-14(12-22(17)15-7-1-2-8-15)19(24)21-16-9-3-5-13-6-4-10-20-18(13)16/h3-6,9-10,14-15H,1-2,7-8,11-12H2,(H,21,24)/t14-/m1/s1. The molecule has 2 amide bonds. The van der Waals surface area contributed by atoms with E-state index in [9.17, 15) is 9.59 Å². The van der Waals surface area contributed by atoms with Crippen LogP contribution >= 0.6 is 0 Å². The third-order valence-electron chi connectivity index (χ3n) is 5.19. The van der Waals surface area contributed by atoms with E-state index in [0.29, 0.717) is 24.7 Å². The van der Waals surface area contributed by atoms with Crippen LogP contribution < -0.4 is 5.32 Å². The molecule has 1 N–H and O–H groups in total. The van der Waals surface area contributed by atoms with Crippen molar-refractivity contribution in [2.75, 3.05) is 11.9 Å². The summed E-state index contributed by atoms with van der Waals surface area (Å²) in [5.41, 5.74) is 1.50. The number of para-hydroxylation sites is 1. The van der Waals surface area contributed by atoms with E-state index in [-0.39, 0.29) is 17.7 Å². The maximum Gasteiger partial charge on any atom is 0.229 e. The van der Waals surface area contributed by atoms with Crippen molar-refractivity contribution in [3.63, 3.8) is 0 Å². The van der Waals surface area contributed by atoms with Crippen LogP contribution in [0.4, 0.5) is 5.69 Å². The summed E-state index contributed by atoms with van der Waals surface area (Å²) in [6.07, 6.45) is 6.57. The highest BCUT2D eigenvalue weighted by Gasteiger charge is 2.38. The van der Waals surface area contributed by atoms with Crippen molar-refractivity contribution in [3.05, 3.63) is 36.5 Å². The first-order valence-corrected chi connectivity index (χ1v) is 8.66. The average molecular weight is 323 g/mol. The van der Waals surface area contributed by atoms with Gasteiger partial charge in [-0.2, -0.15) is 0 Å². The van der Waals surface area contributed by atoms with E-state index in [1.165, 1.54) is 12.8 Å². The second-order valence-corrected chi connectivity index (χ2v) is 6.76. The third kappa shape index (κ3) is 2.75. The van der Waals surface area contributed by atoms with Gasteiger partial charge in [0.05, 0.1) is 17.1 Å². The first-order chi connectivity index (χ1) is 11.7. The predicted molar refractivity (Wildman–Crippen MR) is 92.4 cm³/mol. The van der Waals surface area contributed by atoms with E-state index < -0.39 is 0 Å². The molecule has 2 aromatic rings. The van der Waals surface area contributed by atoms with E-state index in [0.717, 1.165) is 23.7 Å². The summed E-state index contributed by atoms with van der Waals surface area (Å²) < 4.78 is 0. The van der Waals surface area contributed by atoms with Crippen molar-refractivity contribution in [2.24, 2.45) is 5.92 Å². The lowest BCUT2D eigenvalue weighted by molar-refractivity contribution is -0.129. The van der Waals surface area contributed by atoms with E-state index >= 15 is 0 Å². The van der Waals surface area contributed by atoms with E-state index in [1.807, 2.05) is 35.2 Å². The Kier molecular flexibility index (Phi) is 3.92. The predicted octanol–water partition coefficient (Wildman–Crippen LogP) is 2.96. The molecule has 5 heteroatoms. The fourth-order valence-electron chi connectivity index (χ4n) is 3.92. The number of hydrogen-bond acceptors (Lipinski definition) is 3. The van der Waals surface area contributed by atoms with Gasteiger partial charge in [-0.3, -0.25) is 14.6 Å². The molecule has 1 atom stereocenters. The molecule has 0 radical (unpaired) electrons. The summed E-state index contributed by atoms with van der Waals surface area (Å²) in [6, 6.07) is 9.93. The van der Waals surface area contributed by atoms with Gasteiger partial charge in [-0.15, -0.1) is 0 Å². The quantitative estimate of drug-likeness (QED) is 0.944. The maximum atomic E-state index is 12.6. The number of nitrogens with zero attached hydrogens (tertiary/aromatic N) is 2. The Morgan fingerprint density at radius 2 is 1.96 bits per heavy atom. The van der Waals surface area contributed by atoms with Gasteiger partial charge in [0.15, 0.2) is 0 Å². The highest BCUT2D eigenvalue weighted by Crippen LogP contribution is 2.30. The second-order valence-electron chi connectivity index (χ2n) is 6.76. The number of carbonyl (C=O) groups excluding carboxylic acids is 2. The molecule has 5 nitrogen and oxygen atoms in total. The van der Waals surface area contributed by atoms with Crippen LogP contribution in [0.3, 0.4) is 0 Å². The number of amides is 2. The number of carbonyl (C=O) groups is 2. The Morgan fingerprint density at radius 3 is 2.79 bits per heavy atom. The van der Waals surface area contributed by atoms with Gasteiger partial charge in [-0.25, -0.2) is 0 Å². The Labute approximate surface area is 141 Å². The van der Waals surface area contributed by atoms with Crippen LogP contribution in [0.2, 0.25) is 0 Å². The summed E-state index contributed by atoms with van der Waals surface area (Å²) in [6.45, 7) is 0.549. The highest BCUT2D eigenvalue weighted by molar-refractivity contribution is 6.03. The Hall–Kier alpha value is -2.43. The van der Waals surface area contributed by atoms with Gasteiger partial charge >= 0.3 is 0 Å². The maximum absolute atomic E-state index is 12.6. The largest absolute Gasteiger partial charge is 0.339 e. The topological polar surface area (TPSA) is 62.3 Å². The molecule has 2 fully saturated rings. The second kappa shape index (κ2) is 6.23. The number of hydrogen-bond donors (Lipinski definition) is 1. The molecule has 2 heterocycles. The van der Waals surface area contributed by atoms with E-state index in [2.05, 4.69) is 10.3 Å². The molecule has 4 rings (SSSR count). The molecule has 2 aliphatic rings. The van der Waals surface area contributed by atoms with Gasteiger partial charge in [0.2, 0.25) is 11.8 Å². The lowest BCUT2D eigenvalue weighted by Gasteiger charge is -2.23. The molecule has 124 valence electrons. The van der Waals surface area contributed by atoms with Crippen LogP contribution in [-0.2, 0) is 9.59 Å². The van der Waals surface area contributed by atoms with E-state index in [4.69, 9.17) is 0 Å². The monoisotopic (exact) mass is 323 g/mol. The van der Waals surface area contributed by atoms with Crippen LogP contribution in [0.1, 0.15) is 32.1 Å². The first kappa shape index (κ1) is 15.1. The van der Waals surface area contributed by atoms with Crippen molar-refractivity contribution in [2.45, 2.75) is 38.1 Å².